The molecule has 1 N–H and O–H groups in total. The molecule has 1 aromatic heterocycles. The second-order valence-electron chi connectivity index (χ2n) is 7.53. The van der Waals surface area contributed by atoms with Gasteiger partial charge in [0.25, 0.3) is 5.91 Å². The lowest BCUT2D eigenvalue weighted by Gasteiger charge is -2.36. The number of anilines is 2. The summed E-state index contributed by atoms with van der Waals surface area (Å²) >= 11 is 1.41. The highest BCUT2D eigenvalue weighted by molar-refractivity contribution is 7.99. The predicted octanol–water partition coefficient (Wildman–Crippen LogP) is 3.78. The predicted molar refractivity (Wildman–Crippen MR) is 131 cm³/mol. The number of amides is 2. The molecule has 2 amide bonds. The van der Waals surface area contributed by atoms with Crippen LogP contribution in [-0.2, 0) is 4.79 Å². The first-order chi connectivity index (χ1) is 16.1. The summed E-state index contributed by atoms with van der Waals surface area (Å²) in [7, 11) is 1.58. The smallest absolute Gasteiger partial charge is 0.257 e. The van der Waals surface area contributed by atoms with E-state index in [1.54, 1.807) is 25.4 Å². The highest BCUT2D eigenvalue weighted by Crippen LogP contribution is 2.23. The van der Waals surface area contributed by atoms with Crippen LogP contribution in [0.2, 0.25) is 0 Å². The lowest BCUT2D eigenvalue weighted by atomic mass is 10.1. The molecule has 0 radical (unpaired) electrons. The van der Waals surface area contributed by atoms with Gasteiger partial charge >= 0.3 is 0 Å². The number of pyridine rings is 1. The molecule has 7 nitrogen and oxygen atoms in total. The molecule has 8 heteroatoms. The van der Waals surface area contributed by atoms with E-state index in [2.05, 4.69) is 15.2 Å². The van der Waals surface area contributed by atoms with Gasteiger partial charge in [-0.05, 0) is 48.5 Å². The second-order valence-corrected chi connectivity index (χ2v) is 8.53. The molecular weight excluding hydrogens is 436 g/mol. The number of carbonyl (C=O) groups excluding carboxylic acids is 2. The van der Waals surface area contributed by atoms with Crippen LogP contribution in [-0.4, -0.2) is 60.7 Å². The maximum atomic E-state index is 12.9. The van der Waals surface area contributed by atoms with E-state index < -0.39 is 0 Å². The molecule has 3 aromatic rings. The summed E-state index contributed by atoms with van der Waals surface area (Å²) in [6.07, 6.45) is 1.72. The van der Waals surface area contributed by atoms with Gasteiger partial charge in [-0.25, -0.2) is 4.98 Å². The van der Waals surface area contributed by atoms with Crippen LogP contribution in [0.15, 0.2) is 78.0 Å². The van der Waals surface area contributed by atoms with E-state index in [1.807, 2.05) is 59.5 Å². The van der Waals surface area contributed by atoms with Crippen LogP contribution in [0.25, 0.3) is 0 Å². The van der Waals surface area contributed by atoms with Gasteiger partial charge < -0.3 is 19.9 Å². The second kappa shape index (κ2) is 10.9. The van der Waals surface area contributed by atoms with Crippen LogP contribution < -0.4 is 15.0 Å². The minimum atomic E-state index is -0.0677. The van der Waals surface area contributed by atoms with Crippen LogP contribution in [0.5, 0.6) is 5.75 Å². The molecule has 1 fully saturated rings. The van der Waals surface area contributed by atoms with Gasteiger partial charge in [0.1, 0.15) is 5.75 Å². The number of hydrogen-bond acceptors (Lipinski definition) is 6. The largest absolute Gasteiger partial charge is 0.496 e. The Morgan fingerprint density at radius 1 is 0.970 bits per heavy atom. The number of carbonyl (C=O) groups is 2. The Balaban J connectivity index is 1.27. The Morgan fingerprint density at radius 3 is 2.39 bits per heavy atom. The summed E-state index contributed by atoms with van der Waals surface area (Å²) in [5.74, 6) is 0.831. The van der Waals surface area contributed by atoms with Crippen molar-refractivity contribution in [2.24, 2.45) is 0 Å². The zero-order chi connectivity index (χ0) is 23.0. The van der Waals surface area contributed by atoms with Crippen molar-refractivity contribution in [3.63, 3.8) is 0 Å². The highest BCUT2D eigenvalue weighted by Gasteiger charge is 2.24. The molecule has 4 rings (SSSR count). The average molecular weight is 463 g/mol. The number of methoxy groups -OCH3 is 1. The average Bonchev–Trinajstić information content (AvgIpc) is 2.88. The van der Waals surface area contributed by atoms with E-state index in [9.17, 15) is 9.59 Å². The van der Waals surface area contributed by atoms with Gasteiger partial charge in [0, 0.05) is 43.8 Å². The van der Waals surface area contributed by atoms with Gasteiger partial charge in [-0.2, -0.15) is 0 Å². The Hall–Kier alpha value is -3.52. The molecule has 1 aliphatic heterocycles. The topological polar surface area (TPSA) is 74.8 Å². The third-order valence-corrected chi connectivity index (χ3v) is 6.35. The SMILES string of the molecule is COc1ccccc1C(=O)N1CCN(c2ccc(NC(=O)CSc3ccccn3)cc2)CC1. The van der Waals surface area contributed by atoms with E-state index in [0.717, 1.165) is 29.5 Å². The number of ether oxygens (including phenoxy) is 1. The van der Waals surface area contributed by atoms with Crippen LogP contribution in [0, 0.1) is 0 Å². The van der Waals surface area contributed by atoms with Crippen molar-refractivity contribution in [2.45, 2.75) is 5.03 Å². The third-order valence-electron chi connectivity index (χ3n) is 5.41. The first kappa shape index (κ1) is 22.7. The van der Waals surface area contributed by atoms with Gasteiger partial charge in [-0.15, -0.1) is 0 Å². The van der Waals surface area contributed by atoms with Gasteiger partial charge in [0.15, 0.2) is 0 Å². The van der Waals surface area contributed by atoms with E-state index in [1.165, 1.54) is 11.8 Å². The normalized spacial score (nSPS) is 13.5. The number of nitrogens with one attached hydrogen (secondary N) is 1. The fourth-order valence-corrected chi connectivity index (χ4v) is 4.35. The first-order valence-electron chi connectivity index (χ1n) is 10.7. The molecule has 2 heterocycles. The van der Waals surface area contributed by atoms with Crippen LogP contribution in [0.1, 0.15) is 10.4 Å². The number of piperazine rings is 1. The van der Waals surface area contributed by atoms with E-state index in [0.29, 0.717) is 30.2 Å². The fourth-order valence-electron chi connectivity index (χ4n) is 3.68. The molecule has 0 aliphatic carbocycles. The Kier molecular flexibility index (Phi) is 7.47. The quantitative estimate of drug-likeness (QED) is 0.539. The van der Waals surface area contributed by atoms with Gasteiger partial charge in [-0.1, -0.05) is 30.0 Å². The summed E-state index contributed by atoms with van der Waals surface area (Å²) in [5, 5.41) is 3.75. The minimum absolute atomic E-state index is 0.00580. The van der Waals surface area contributed by atoms with Crippen LogP contribution in [0.3, 0.4) is 0 Å². The van der Waals surface area contributed by atoms with Crippen LogP contribution >= 0.6 is 11.8 Å². The number of rotatable bonds is 7. The number of aromatic nitrogens is 1. The maximum absolute atomic E-state index is 12.9. The summed E-state index contributed by atoms with van der Waals surface area (Å²) < 4.78 is 5.33. The molecule has 1 saturated heterocycles. The molecular formula is C25H26N4O3S. The lowest BCUT2D eigenvalue weighted by molar-refractivity contribution is -0.113. The summed E-state index contributed by atoms with van der Waals surface area (Å²) in [4.78, 5) is 33.4. The zero-order valence-corrected chi connectivity index (χ0v) is 19.3. The third kappa shape index (κ3) is 5.84. The molecule has 0 bridgehead atoms. The molecule has 33 heavy (non-hydrogen) atoms. The monoisotopic (exact) mass is 462 g/mol. The number of hydrogen-bond donors (Lipinski definition) is 1. The molecule has 0 unspecified atom stereocenters. The molecule has 2 aromatic carbocycles. The fraction of sp³-hybridized carbons (Fsp3) is 0.240. The maximum Gasteiger partial charge on any atom is 0.257 e. The summed E-state index contributed by atoms with van der Waals surface area (Å²) in [5.41, 5.74) is 2.42. The van der Waals surface area contributed by atoms with Crippen molar-refractivity contribution in [2.75, 3.05) is 49.3 Å². The van der Waals surface area contributed by atoms with Gasteiger partial charge in [0.2, 0.25) is 5.91 Å². The Morgan fingerprint density at radius 2 is 1.70 bits per heavy atom. The van der Waals surface area contributed by atoms with Crippen molar-refractivity contribution in [1.29, 1.82) is 0 Å². The van der Waals surface area contributed by atoms with E-state index in [4.69, 9.17) is 4.74 Å². The molecule has 0 saturated carbocycles. The number of benzene rings is 2. The van der Waals surface area contributed by atoms with Crippen molar-refractivity contribution in [3.8, 4) is 5.75 Å². The van der Waals surface area contributed by atoms with Gasteiger partial charge in [-0.3, -0.25) is 9.59 Å². The van der Waals surface area contributed by atoms with Crippen molar-refractivity contribution in [1.82, 2.24) is 9.88 Å². The summed E-state index contributed by atoms with van der Waals surface area (Å²) in [6.45, 7) is 2.76. The summed E-state index contributed by atoms with van der Waals surface area (Å²) in [6, 6.07) is 20.8. The first-order valence-corrected chi connectivity index (χ1v) is 11.7. The van der Waals surface area contributed by atoms with E-state index in [-0.39, 0.29) is 11.8 Å². The molecule has 170 valence electrons. The lowest BCUT2D eigenvalue weighted by Crippen LogP contribution is -2.48. The number of nitrogens with zero attached hydrogens (tertiary/aromatic N) is 3. The molecule has 0 spiro atoms. The zero-order valence-electron chi connectivity index (χ0n) is 18.4. The van der Waals surface area contributed by atoms with Crippen molar-refractivity contribution >= 4 is 35.0 Å². The molecule has 0 atom stereocenters. The van der Waals surface area contributed by atoms with E-state index >= 15 is 0 Å². The number of thioether (sulfide) groups is 1. The standard InChI is InChI=1S/C25H26N4O3S/c1-32-22-7-3-2-6-21(22)25(31)29-16-14-28(15-17-29)20-11-9-19(10-12-20)27-23(30)18-33-24-8-4-5-13-26-24/h2-13H,14-18H2,1H3,(H,27,30). The number of para-hydroxylation sites is 1. The Bertz CT molecular complexity index is 1080. The Labute approximate surface area is 197 Å². The van der Waals surface area contributed by atoms with Crippen molar-refractivity contribution in [3.05, 3.63) is 78.5 Å². The van der Waals surface area contributed by atoms with Gasteiger partial charge in [0.05, 0.1) is 23.5 Å². The molecule has 1 aliphatic rings. The highest BCUT2D eigenvalue weighted by atomic mass is 32.2. The van der Waals surface area contributed by atoms with Crippen LogP contribution in [0.4, 0.5) is 11.4 Å². The minimum Gasteiger partial charge on any atom is -0.496 e. The van der Waals surface area contributed by atoms with Crippen molar-refractivity contribution < 1.29 is 14.3 Å².